The molecule has 23 heavy (non-hydrogen) atoms. The summed E-state index contributed by atoms with van der Waals surface area (Å²) in [6, 6.07) is 8.41. The number of rotatable bonds is 7. The molecule has 0 aromatic heterocycles. The summed E-state index contributed by atoms with van der Waals surface area (Å²) in [5.74, 6) is 6.36. The van der Waals surface area contributed by atoms with Gasteiger partial charge in [-0.15, -0.1) is 12.4 Å². The first-order valence-corrected chi connectivity index (χ1v) is 8.72. The summed E-state index contributed by atoms with van der Waals surface area (Å²) in [4.78, 5) is 2.35. The van der Waals surface area contributed by atoms with Gasteiger partial charge in [0.05, 0.1) is 6.04 Å². The standard InChI is InChI=1S/C20H29NO.ClH/c1-4-7-12-17-13-8-9-14-18(17)20(22)16-11-10-15-19(20)21(5-2)6-3;/h8-9,13-14,19,22H,4-7,10,12,15H2,1-3H3;1H. The minimum atomic E-state index is -1.03. The van der Waals surface area contributed by atoms with E-state index in [1.165, 1.54) is 5.56 Å². The van der Waals surface area contributed by atoms with Gasteiger partial charge in [-0.3, -0.25) is 4.90 Å². The molecule has 1 aliphatic rings. The third-order valence-electron chi connectivity index (χ3n) is 4.78. The Hall–Kier alpha value is -1.01. The van der Waals surface area contributed by atoms with E-state index in [9.17, 15) is 5.11 Å². The molecule has 2 nitrogen and oxygen atoms in total. The lowest BCUT2D eigenvalue weighted by Gasteiger charge is -2.41. The highest BCUT2D eigenvalue weighted by Gasteiger charge is 2.42. The molecule has 0 bridgehead atoms. The molecule has 3 heteroatoms. The summed E-state index contributed by atoms with van der Waals surface area (Å²) in [7, 11) is 0. The molecule has 128 valence electrons. The fourth-order valence-corrected chi connectivity index (χ4v) is 3.53. The molecule has 2 atom stereocenters. The molecule has 0 saturated carbocycles. The molecule has 1 aliphatic carbocycles. The summed E-state index contributed by atoms with van der Waals surface area (Å²) >= 11 is 0. The fourth-order valence-electron chi connectivity index (χ4n) is 3.53. The van der Waals surface area contributed by atoms with E-state index in [2.05, 4.69) is 55.7 Å². The molecule has 1 N–H and O–H groups in total. The van der Waals surface area contributed by atoms with E-state index >= 15 is 0 Å². The van der Waals surface area contributed by atoms with Crippen LogP contribution in [0.4, 0.5) is 0 Å². The summed E-state index contributed by atoms with van der Waals surface area (Å²) in [5, 5.41) is 11.5. The molecule has 0 amide bonds. The van der Waals surface area contributed by atoms with Gasteiger partial charge in [0.2, 0.25) is 0 Å². The van der Waals surface area contributed by atoms with Crippen LogP contribution in [-0.2, 0) is 12.0 Å². The van der Waals surface area contributed by atoms with E-state index in [0.29, 0.717) is 0 Å². The van der Waals surface area contributed by atoms with Crippen molar-refractivity contribution in [3.8, 4) is 11.8 Å². The maximum atomic E-state index is 11.5. The molecule has 0 fully saturated rings. The van der Waals surface area contributed by atoms with Crippen LogP contribution in [0.3, 0.4) is 0 Å². The fraction of sp³-hybridized carbons (Fsp3) is 0.600. The van der Waals surface area contributed by atoms with Crippen LogP contribution in [-0.4, -0.2) is 29.1 Å². The highest BCUT2D eigenvalue weighted by atomic mass is 35.5. The number of aliphatic hydroxyl groups is 1. The van der Waals surface area contributed by atoms with Crippen molar-refractivity contribution in [3.63, 3.8) is 0 Å². The molecule has 0 heterocycles. The molecule has 0 aliphatic heterocycles. The van der Waals surface area contributed by atoms with Crippen LogP contribution in [0, 0.1) is 11.8 Å². The van der Waals surface area contributed by atoms with Gasteiger partial charge in [-0.1, -0.05) is 63.3 Å². The molecule has 2 unspecified atom stereocenters. The van der Waals surface area contributed by atoms with E-state index in [1.54, 1.807) is 0 Å². The topological polar surface area (TPSA) is 23.5 Å². The first kappa shape index (κ1) is 20.0. The van der Waals surface area contributed by atoms with Crippen molar-refractivity contribution in [2.45, 2.75) is 64.5 Å². The van der Waals surface area contributed by atoms with Gasteiger partial charge < -0.3 is 5.11 Å². The largest absolute Gasteiger partial charge is 0.372 e. The van der Waals surface area contributed by atoms with Crippen molar-refractivity contribution in [3.05, 3.63) is 35.4 Å². The van der Waals surface area contributed by atoms with Crippen molar-refractivity contribution in [2.24, 2.45) is 0 Å². The average molecular weight is 336 g/mol. The predicted octanol–water partition coefficient (Wildman–Crippen LogP) is 4.15. The van der Waals surface area contributed by atoms with Gasteiger partial charge in [-0.05, 0) is 37.9 Å². The Morgan fingerprint density at radius 3 is 2.57 bits per heavy atom. The third kappa shape index (κ3) is 4.29. The van der Waals surface area contributed by atoms with E-state index in [-0.39, 0.29) is 18.4 Å². The molecule has 0 saturated heterocycles. The van der Waals surface area contributed by atoms with Crippen molar-refractivity contribution in [2.75, 3.05) is 13.1 Å². The normalized spacial score (nSPS) is 23.1. The van der Waals surface area contributed by atoms with Crippen LogP contribution in [0.5, 0.6) is 0 Å². The van der Waals surface area contributed by atoms with Gasteiger partial charge in [0, 0.05) is 12.0 Å². The van der Waals surface area contributed by atoms with Gasteiger partial charge >= 0.3 is 0 Å². The van der Waals surface area contributed by atoms with Gasteiger partial charge in [0.25, 0.3) is 0 Å². The van der Waals surface area contributed by atoms with Crippen molar-refractivity contribution in [1.29, 1.82) is 0 Å². The minimum absolute atomic E-state index is 0. The highest BCUT2D eigenvalue weighted by Crippen LogP contribution is 2.35. The Morgan fingerprint density at radius 2 is 1.91 bits per heavy atom. The number of halogens is 1. The summed E-state index contributed by atoms with van der Waals surface area (Å²) in [6.45, 7) is 8.42. The number of benzene rings is 1. The van der Waals surface area contributed by atoms with Crippen LogP contribution in [0.15, 0.2) is 24.3 Å². The zero-order valence-corrected chi connectivity index (χ0v) is 15.5. The van der Waals surface area contributed by atoms with Crippen molar-refractivity contribution >= 4 is 12.4 Å². The lowest BCUT2D eigenvalue weighted by atomic mass is 9.78. The first-order valence-electron chi connectivity index (χ1n) is 8.72. The van der Waals surface area contributed by atoms with Gasteiger partial charge in [0.15, 0.2) is 5.60 Å². The molecule has 0 spiro atoms. The summed E-state index contributed by atoms with van der Waals surface area (Å²) in [5.41, 5.74) is 1.24. The van der Waals surface area contributed by atoms with Gasteiger partial charge in [0.1, 0.15) is 0 Å². The van der Waals surface area contributed by atoms with E-state index in [1.807, 2.05) is 6.07 Å². The second kappa shape index (κ2) is 9.33. The van der Waals surface area contributed by atoms with E-state index < -0.39 is 5.60 Å². The molecular formula is C20H30ClNO. The second-order valence-electron chi connectivity index (χ2n) is 6.10. The highest BCUT2D eigenvalue weighted by molar-refractivity contribution is 5.85. The Morgan fingerprint density at radius 1 is 1.22 bits per heavy atom. The van der Waals surface area contributed by atoms with Crippen LogP contribution in [0.2, 0.25) is 0 Å². The van der Waals surface area contributed by atoms with Crippen LogP contribution in [0.25, 0.3) is 0 Å². The maximum absolute atomic E-state index is 11.5. The van der Waals surface area contributed by atoms with Gasteiger partial charge in [-0.2, -0.15) is 0 Å². The number of likely N-dealkylation sites (N-methyl/N-ethyl adjacent to an activating group) is 1. The number of hydrogen-bond donors (Lipinski definition) is 1. The van der Waals surface area contributed by atoms with E-state index in [4.69, 9.17) is 0 Å². The van der Waals surface area contributed by atoms with Crippen molar-refractivity contribution < 1.29 is 5.11 Å². The number of aryl methyl sites for hydroxylation is 1. The lowest BCUT2D eigenvalue weighted by molar-refractivity contribution is -0.0109. The maximum Gasteiger partial charge on any atom is 0.166 e. The zero-order valence-electron chi connectivity index (χ0n) is 14.6. The minimum Gasteiger partial charge on any atom is -0.372 e. The number of unbranched alkanes of at least 4 members (excludes halogenated alkanes) is 1. The predicted molar refractivity (Wildman–Crippen MR) is 99.9 cm³/mol. The third-order valence-corrected chi connectivity index (χ3v) is 4.78. The first-order chi connectivity index (χ1) is 10.7. The molecule has 1 aromatic carbocycles. The SMILES string of the molecule is CCCCc1ccccc1C1(O)C#CCCC1N(CC)CC.Cl. The second-order valence-corrected chi connectivity index (χ2v) is 6.10. The Kier molecular flexibility index (Phi) is 8.12. The Balaban J connectivity index is 0.00000264. The van der Waals surface area contributed by atoms with Crippen molar-refractivity contribution in [1.82, 2.24) is 4.90 Å². The average Bonchev–Trinajstić information content (AvgIpc) is 2.56. The summed E-state index contributed by atoms with van der Waals surface area (Å²) < 4.78 is 0. The van der Waals surface area contributed by atoms with E-state index in [0.717, 1.165) is 50.8 Å². The monoisotopic (exact) mass is 335 g/mol. The summed E-state index contributed by atoms with van der Waals surface area (Å²) in [6.07, 6.45) is 5.14. The smallest absolute Gasteiger partial charge is 0.166 e. The van der Waals surface area contributed by atoms with Crippen LogP contribution >= 0.6 is 12.4 Å². The lowest BCUT2D eigenvalue weighted by Crippen LogP contribution is -2.51. The molecule has 2 rings (SSSR count). The van der Waals surface area contributed by atoms with Gasteiger partial charge in [-0.25, -0.2) is 0 Å². The zero-order chi connectivity index (χ0) is 16.0. The Bertz CT molecular complexity index is 544. The molecule has 0 radical (unpaired) electrons. The van der Waals surface area contributed by atoms with Crippen LogP contribution < -0.4 is 0 Å². The number of hydrogen-bond acceptors (Lipinski definition) is 2. The number of nitrogens with zero attached hydrogens (tertiary/aromatic N) is 1. The molecular weight excluding hydrogens is 306 g/mol. The van der Waals surface area contributed by atoms with Crippen LogP contribution in [0.1, 0.15) is 57.6 Å². The quantitative estimate of drug-likeness (QED) is 0.757. The molecule has 1 aromatic rings. The Labute approximate surface area is 147 Å².